The molecule has 21 heavy (non-hydrogen) atoms. The molecule has 1 aliphatic rings. The number of hydrogen-bond acceptors (Lipinski definition) is 6. The van der Waals surface area contributed by atoms with Gasteiger partial charge in [-0.2, -0.15) is 0 Å². The van der Waals surface area contributed by atoms with Crippen LogP contribution in [0.25, 0.3) is 0 Å². The Hall–Kier alpha value is -2.38. The van der Waals surface area contributed by atoms with Gasteiger partial charge in [0.05, 0.1) is 6.61 Å². The molecule has 2 rings (SSSR count). The van der Waals surface area contributed by atoms with Gasteiger partial charge in [-0.15, -0.1) is 0 Å². The highest BCUT2D eigenvalue weighted by atomic mass is 16.6. The Kier molecular flexibility index (Phi) is 4.91. The van der Waals surface area contributed by atoms with Crippen molar-refractivity contribution in [2.24, 2.45) is 0 Å². The first kappa shape index (κ1) is 15.0. The summed E-state index contributed by atoms with van der Waals surface area (Å²) in [5, 5.41) is 12.1. The van der Waals surface area contributed by atoms with E-state index in [-0.39, 0.29) is 23.6 Å². The Balaban J connectivity index is 1.92. The van der Waals surface area contributed by atoms with Crippen molar-refractivity contribution in [1.82, 2.24) is 14.9 Å². The third kappa shape index (κ3) is 3.80. The van der Waals surface area contributed by atoms with E-state index in [4.69, 9.17) is 9.84 Å². The van der Waals surface area contributed by atoms with E-state index in [1.54, 1.807) is 11.8 Å². The molecule has 2 N–H and O–H groups in total. The number of likely N-dealkylation sites (tertiary alicyclic amines) is 1. The number of rotatable bonds is 4. The lowest BCUT2D eigenvalue weighted by Gasteiger charge is -2.31. The predicted octanol–water partition coefficient (Wildman–Crippen LogP) is 1.21. The first-order valence-electron chi connectivity index (χ1n) is 6.84. The summed E-state index contributed by atoms with van der Waals surface area (Å²) < 4.78 is 4.95. The van der Waals surface area contributed by atoms with E-state index in [0.29, 0.717) is 32.5 Å². The van der Waals surface area contributed by atoms with Crippen LogP contribution in [-0.4, -0.2) is 57.8 Å². The zero-order valence-electron chi connectivity index (χ0n) is 11.8. The van der Waals surface area contributed by atoms with Crippen molar-refractivity contribution in [2.45, 2.75) is 25.8 Å². The number of nitrogens with one attached hydrogen (secondary N) is 1. The van der Waals surface area contributed by atoms with Gasteiger partial charge >= 0.3 is 12.1 Å². The number of carboxylic acid groups (broad SMARTS) is 1. The molecule has 114 valence electrons. The molecule has 1 aromatic heterocycles. The van der Waals surface area contributed by atoms with Gasteiger partial charge in [0.1, 0.15) is 0 Å². The summed E-state index contributed by atoms with van der Waals surface area (Å²) >= 11 is 0. The average molecular weight is 294 g/mol. The lowest BCUT2D eigenvalue weighted by Crippen LogP contribution is -2.42. The molecule has 0 atom stereocenters. The van der Waals surface area contributed by atoms with Gasteiger partial charge in [-0.3, -0.25) is 0 Å². The van der Waals surface area contributed by atoms with Crippen LogP contribution in [0, 0.1) is 0 Å². The van der Waals surface area contributed by atoms with Crippen LogP contribution in [0.3, 0.4) is 0 Å². The summed E-state index contributed by atoms with van der Waals surface area (Å²) in [7, 11) is 0. The highest BCUT2D eigenvalue weighted by Gasteiger charge is 2.25. The zero-order chi connectivity index (χ0) is 15.2. The minimum atomic E-state index is -1.12. The first-order valence-corrected chi connectivity index (χ1v) is 6.84. The molecule has 0 aliphatic carbocycles. The molecule has 8 heteroatoms. The Morgan fingerprint density at radius 3 is 2.67 bits per heavy atom. The van der Waals surface area contributed by atoms with E-state index in [1.807, 2.05) is 0 Å². The molecule has 0 saturated carbocycles. The van der Waals surface area contributed by atoms with Crippen LogP contribution >= 0.6 is 0 Å². The number of anilines is 1. The van der Waals surface area contributed by atoms with Gasteiger partial charge < -0.3 is 20.1 Å². The number of nitrogens with zero attached hydrogens (tertiary/aromatic N) is 3. The Morgan fingerprint density at radius 1 is 1.38 bits per heavy atom. The smallest absolute Gasteiger partial charge is 0.409 e. The molecular formula is C13H18N4O4. The second-order valence-electron chi connectivity index (χ2n) is 4.66. The SMILES string of the molecule is CCOC(=O)N1CCC(Nc2nccnc2C(=O)O)CC1. The molecule has 8 nitrogen and oxygen atoms in total. The topological polar surface area (TPSA) is 105 Å². The molecule has 2 heterocycles. The van der Waals surface area contributed by atoms with Crippen molar-refractivity contribution < 1.29 is 19.4 Å². The van der Waals surface area contributed by atoms with Gasteiger partial charge in [-0.25, -0.2) is 19.6 Å². The average Bonchev–Trinajstić information content (AvgIpc) is 2.48. The van der Waals surface area contributed by atoms with Crippen LogP contribution in [-0.2, 0) is 4.74 Å². The third-order valence-electron chi connectivity index (χ3n) is 3.26. The van der Waals surface area contributed by atoms with Crippen molar-refractivity contribution in [2.75, 3.05) is 25.0 Å². The maximum Gasteiger partial charge on any atom is 0.409 e. The minimum Gasteiger partial charge on any atom is -0.476 e. The fourth-order valence-electron chi connectivity index (χ4n) is 2.21. The molecule has 1 saturated heterocycles. The number of carbonyl (C=O) groups is 2. The lowest BCUT2D eigenvalue weighted by molar-refractivity contribution is 0.0691. The Labute approximate surface area is 122 Å². The van der Waals surface area contributed by atoms with Gasteiger partial charge in [0.15, 0.2) is 11.5 Å². The molecule has 0 unspecified atom stereocenters. The van der Waals surface area contributed by atoms with E-state index in [2.05, 4.69) is 15.3 Å². The Bertz CT molecular complexity index is 515. The van der Waals surface area contributed by atoms with Crippen molar-refractivity contribution in [3.05, 3.63) is 18.1 Å². The van der Waals surface area contributed by atoms with Gasteiger partial charge in [0, 0.05) is 31.5 Å². The van der Waals surface area contributed by atoms with Crippen molar-refractivity contribution in [1.29, 1.82) is 0 Å². The summed E-state index contributed by atoms with van der Waals surface area (Å²) in [6.07, 6.45) is 3.89. The number of piperidine rings is 1. The monoisotopic (exact) mass is 294 g/mol. The second-order valence-corrected chi connectivity index (χ2v) is 4.66. The van der Waals surface area contributed by atoms with Crippen molar-refractivity contribution in [3.8, 4) is 0 Å². The summed E-state index contributed by atoms with van der Waals surface area (Å²) in [6.45, 7) is 3.27. The van der Waals surface area contributed by atoms with E-state index in [9.17, 15) is 9.59 Å². The standard InChI is InChI=1S/C13H18N4O4/c1-2-21-13(20)17-7-3-9(4-8-17)16-11-10(12(18)19)14-5-6-15-11/h5-6,9H,2-4,7-8H2,1H3,(H,15,16)(H,18,19). The number of hydrogen-bond donors (Lipinski definition) is 2. The molecule has 1 aliphatic heterocycles. The number of amides is 1. The van der Waals surface area contributed by atoms with Crippen LogP contribution in [0.4, 0.5) is 10.6 Å². The summed E-state index contributed by atoms with van der Waals surface area (Å²) in [5.41, 5.74) is -0.0923. The lowest BCUT2D eigenvalue weighted by atomic mass is 10.1. The number of aromatic carboxylic acids is 1. The van der Waals surface area contributed by atoms with Gasteiger partial charge in [-0.05, 0) is 19.8 Å². The highest BCUT2D eigenvalue weighted by molar-refractivity contribution is 5.90. The zero-order valence-corrected chi connectivity index (χ0v) is 11.8. The summed E-state index contributed by atoms with van der Waals surface area (Å²) in [6, 6.07) is 0.0606. The predicted molar refractivity (Wildman–Crippen MR) is 74.2 cm³/mol. The normalized spacial score (nSPS) is 15.6. The van der Waals surface area contributed by atoms with E-state index in [0.717, 1.165) is 0 Å². The fraction of sp³-hybridized carbons (Fsp3) is 0.538. The number of ether oxygens (including phenoxy) is 1. The van der Waals surface area contributed by atoms with E-state index >= 15 is 0 Å². The first-order chi connectivity index (χ1) is 10.1. The van der Waals surface area contributed by atoms with Gasteiger partial charge in [0.2, 0.25) is 0 Å². The molecule has 0 aromatic carbocycles. The molecule has 1 fully saturated rings. The number of carboxylic acids is 1. The number of carbonyl (C=O) groups excluding carboxylic acids is 1. The minimum absolute atomic E-state index is 0.0606. The van der Waals surface area contributed by atoms with Crippen LogP contribution in [0.5, 0.6) is 0 Å². The van der Waals surface area contributed by atoms with Crippen LogP contribution in [0.2, 0.25) is 0 Å². The molecule has 0 radical (unpaired) electrons. The quantitative estimate of drug-likeness (QED) is 0.859. The van der Waals surface area contributed by atoms with Crippen LogP contribution in [0.1, 0.15) is 30.3 Å². The van der Waals surface area contributed by atoms with Gasteiger partial charge in [-0.1, -0.05) is 0 Å². The summed E-state index contributed by atoms with van der Waals surface area (Å²) in [5.74, 6) is -0.853. The Morgan fingerprint density at radius 2 is 2.05 bits per heavy atom. The van der Waals surface area contributed by atoms with Crippen LogP contribution in [0.15, 0.2) is 12.4 Å². The third-order valence-corrected chi connectivity index (χ3v) is 3.26. The molecule has 0 spiro atoms. The molecule has 0 bridgehead atoms. The highest BCUT2D eigenvalue weighted by Crippen LogP contribution is 2.17. The van der Waals surface area contributed by atoms with Crippen molar-refractivity contribution >= 4 is 17.9 Å². The maximum absolute atomic E-state index is 11.6. The second kappa shape index (κ2) is 6.87. The molecule has 1 aromatic rings. The molecule has 1 amide bonds. The maximum atomic E-state index is 11.6. The van der Waals surface area contributed by atoms with Crippen molar-refractivity contribution in [3.63, 3.8) is 0 Å². The van der Waals surface area contributed by atoms with Crippen LogP contribution < -0.4 is 5.32 Å². The number of aromatic nitrogens is 2. The fourth-order valence-corrected chi connectivity index (χ4v) is 2.21. The van der Waals surface area contributed by atoms with E-state index < -0.39 is 5.97 Å². The van der Waals surface area contributed by atoms with E-state index in [1.165, 1.54) is 12.4 Å². The summed E-state index contributed by atoms with van der Waals surface area (Å²) in [4.78, 5) is 32.1. The van der Waals surface area contributed by atoms with Gasteiger partial charge in [0.25, 0.3) is 0 Å². The molecular weight excluding hydrogens is 276 g/mol. The largest absolute Gasteiger partial charge is 0.476 e.